The predicted octanol–water partition coefficient (Wildman–Crippen LogP) is 3.71. The Labute approximate surface area is 95.5 Å². The third-order valence-electron chi connectivity index (χ3n) is 3.39. The standard InChI is InChI=1S/C14H27N/c1-6-10-15(11-9-14(3,4)5)12(2)13-7-8-13/h6,12-13H,1,7-11H2,2-5H3. The molecule has 15 heavy (non-hydrogen) atoms. The molecule has 1 fully saturated rings. The molecule has 1 heteroatoms. The molecule has 0 saturated heterocycles. The van der Waals surface area contributed by atoms with Gasteiger partial charge in [0.2, 0.25) is 0 Å². The van der Waals surface area contributed by atoms with Crippen LogP contribution in [0.1, 0.15) is 47.0 Å². The lowest BCUT2D eigenvalue weighted by Crippen LogP contribution is -2.37. The largest absolute Gasteiger partial charge is 0.297 e. The van der Waals surface area contributed by atoms with Gasteiger partial charge in [-0.25, -0.2) is 0 Å². The first kappa shape index (κ1) is 12.8. The third-order valence-corrected chi connectivity index (χ3v) is 3.39. The first-order chi connectivity index (χ1) is 6.94. The number of hydrogen-bond acceptors (Lipinski definition) is 1. The highest BCUT2D eigenvalue weighted by atomic mass is 15.2. The molecular weight excluding hydrogens is 182 g/mol. The van der Waals surface area contributed by atoms with E-state index >= 15 is 0 Å². The molecule has 0 aromatic carbocycles. The molecule has 1 rings (SSSR count). The molecule has 0 amide bonds. The van der Waals surface area contributed by atoms with Crippen LogP contribution in [0, 0.1) is 11.3 Å². The van der Waals surface area contributed by atoms with E-state index in [0.29, 0.717) is 5.41 Å². The Morgan fingerprint density at radius 2 is 2.00 bits per heavy atom. The fourth-order valence-electron chi connectivity index (χ4n) is 1.98. The molecule has 1 nitrogen and oxygen atoms in total. The number of hydrogen-bond donors (Lipinski definition) is 0. The minimum atomic E-state index is 0.447. The zero-order valence-corrected chi connectivity index (χ0v) is 10.9. The van der Waals surface area contributed by atoms with Crippen molar-refractivity contribution < 1.29 is 0 Å². The molecule has 0 aromatic rings. The molecule has 1 aliphatic rings. The van der Waals surface area contributed by atoms with Crippen LogP contribution in [0.5, 0.6) is 0 Å². The van der Waals surface area contributed by atoms with Crippen LogP contribution in [0.2, 0.25) is 0 Å². The first-order valence-corrected chi connectivity index (χ1v) is 6.29. The summed E-state index contributed by atoms with van der Waals surface area (Å²) in [6.07, 6.45) is 6.19. The molecule has 1 unspecified atom stereocenters. The summed E-state index contributed by atoms with van der Waals surface area (Å²) in [6.45, 7) is 15.5. The van der Waals surface area contributed by atoms with Crippen molar-refractivity contribution in [3.05, 3.63) is 12.7 Å². The van der Waals surface area contributed by atoms with Crippen LogP contribution in [-0.4, -0.2) is 24.0 Å². The van der Waals surface area contributed by atoms with Crippen LogP contribution in [0.15, 0.2) is 12.7 Å². The monoisotopic (exact) mass is 209 g/mol. The Balaban J connectivity index is 2.38. The maximum Gasteiger partial charge on any atom is 0.0163 e. The van der Waals surface area contributed by atoms with Crippen molar-refractivity contribution in [1.82, 2.24) is 4.90 Å². The van der Waals surface area contributed by atoms with Crippen LogP contribution in [0.3, 0.4) is 0 Å². The summed E-state index contributed by atoms with van der Waals surface area (Å²) >= 11 is 0. The first-order valence-electron chi connectivity index (χ1n) is 6.29. The maximum atomic E-state index is 3.87. The van der Waals surface area contributed by atoms with E-state index in [-0.39, 0.29) is 0 Å². The summed E-state index contributed by atoms with van der Waals surface area (Å²) in [4.78, 5) is 2.59. The second-order valence-corrected chi connectivity index (χ2v) is 6.17. The van der Waals surface area contributed by atoms with Crippen molar-refractivity contribution in [2.45, 2.75) is 53.0 Å². The Morgan fingerprint density at radius 3 is 2.40 bits per heavy atom. The average Bonchev–Trinajstić information content (AvgIpc) is 2.92. The number of nitrogens with zero attached hydrogens (tertiary/aromatic N) is 1. The molecule has 1 atom stereocenters. The van der Waals surface area contributed by atoms with Crippen molar-refractivity contribution >= 4 is 0 Å². The SMILES string of the molecule is C=CCN(CCC(C)(C)C)C(C)C1CC1. The van der Waals surface area contributed by atoms with Crippen molar-refractivity contribution in [2.24, 2.45) is 11.3 Å². The quantitative estimate of drug-likeness (QED) is 0.603. The molecular formula is C14H27N. The van der Waals surface area contributed by atoms with Gasteiger partial charge in [0.05, 0.1) is 0 Å². The maximum absolute atomic E-state index is 3.87. The van der Waals surface area contributed by atoms with Crippen molar-refractivity contribution in [3.8, 4) is 0 Å². The van der Waals surface area contributed by atoms with E-state index in [9.17, 15) is 0 Å². The third kappa shape index (κ3) is 4.83. The van der Waals surface area contributed by atoms with Gasteiger partial charge in [0.25, 0.3) is 0 Å². The van der Waals surface area contributed by atoms with Crippen LogP contribution >= 0.6 is 0 Å². The fourth-order valence-corrected chi connectivity index (χ4v) is 1.98. The van der Waals surface area contributed by atoms with Gasteiger partial charge in [0.1, 0.15) is 0 Å². The summed E-state index contributed by atoms with van der Waals surface area (Å²) < 4.78 is 0. The summed E-state index contributed by atoms with van der Waals surface area (Å²) in [7, 11) is 0. The van der Waals surface area contributed by atoms with Gasteiger partial charge >= 0.3 is 0 Å². The van der Waals surface area contributed by atoms with Gasteiger partial charge in [-0.05, 0) is 44.1 Å². The lowest BCUT2D eigenvalue weighted by atomic mass is 9.92. The summed E-state index contributed by atoms with van der Waals surface area (Å²) in [5.74, 6) is 0.963. The Morgan fingerprint density at radius 1 is 1.40 bits per heavy atom. The summed E-state index contributed by atoms with van der Waals surface area (Å²) in [6, 6.07) is 0.755. The highest BCUT2D eigenvalue weighted by molar-refractivity contribution is 4.88. The molecule has 0 radical (unpaired) electrons. The van der Waals surface area contributed by atoms with Gasteiger partial charge < -0.3 is 0 Å². The Kier molecular flexibility index (Phi) is 4.39. The molecule has 1 aliphatic carbocycles. The van der Waals surface area contributed by atoms with E-state index in [2.05, 4.69) is 39.2 Å². The smallest absolute Gasteiger partial charge is 0.0163 e. The highest BCUT2D eigenvalue weighted by Crippen LogP contribution is 2.35. The normalized spacial score (nSPS) is 19.3. The van der Waals surface area contributed by atoms with Gasteiger partial charge in [0.15, 0.2) is 0 Å². The molecule has 0 aromatic heterocycles. The summed E-state index contributed by atoms with van der Waals surface area (Å²) in [5, 5.41) is 0. The van der Waals surface area contributed by atoms with E-state index in [1.165, 1.54) is 25.8 Å². The van der Waals surface area contributed by atoms with Gasteiger partial charge in [-0.1, -0.05) is 26.8 Å². The molecule has 0 bridgehead atoms. The zero-order valence-electron chi connectivity index (χ0n) is 10.9. The predicted molar refractivity (Wildman–Crippen MR) is 68.0 cm³/mol. The Hall–Kier alpha value is -0.300. The van der Waals surface area contributed by atoms with Crippen molar-refractivity contribution in [2.75, 3.05) is 13.1 Å². The zero-order chi connectivity index (χ0) is 11.5. The number of rotatable bonds is 6. The molecule has 0 N–H and O–H groups in total. The fraction of sp³-hybridized carbons (Fsp3) is 0.857. The van der Waals surface area contributed by atoms with Gasteiger partial charge in [-0.3, -0.25) is 4.90 Å². The van der Waals surface area contributed by atoms with Gasteiger partial charge in [-0.15, -0.1) is 6.58 Å². The minimum Gasteiger partial charge on any atom is -0.297 e. The molecule has 88 valence electrons. The molecule has 0 spiro atoms. The van der Waals surface area contributed by atoms with E-state index in [0.717, 1.165) is 18.5 Å². The van der Waals surface area contributed by atoms with Crippen LogP contribution < -0.4 is 0 Å². The van der Waals surface area contributed by atoms with E-state index < -0.39 is 0 Å². The Bertz CT molecular complexity index is 198. The van der Waals surface area contributed by atoms with Gasteiger partial charge in [0, 0.05) is 12.6 Å². The van der Waals surface area contributed by atoms with E-state index in [4.69, 9.17) is 0 Å². The lowest BCUT2D eigenvalue weighted by molar-refractivity contribution is 0.181. The van der Waals surface area contributed by atoms with Crippen LogP contribution in [0.4, 0.5) is 0 Å². The van der Waals surface area contributed by atoms with E-state index in [1.807, 2.05) is 6.08 Å². The minimum absolute atomic E-state index is 0.447. The highest BCUT2D eigenvalue weighted by Gasteiger charge is 2.31. The average molecular weight is 209 g/mol. The molecule has 0 heterocycles. The molecule has 1 saturated carbocycles. The topological polar surface area (TPSA) is 3.24 Å². The van der Waals surface area contributed by atoms with Crippen LogP contribution in [-0.2, 0) is 0 Å². The second-order valence-electron chi connectivity index (χ2n) is 6.17. The van der Waals surface area contributed by atoms with Crippen LogP contribution in [0.25, 0.3) is 0 Å². The summed E-state index contributed by atoms with van der Waals surface area (Å²) in [5.41, 5.74) is 0.447. The van der Waals surface area contributed by atoms with Gasteiger partial charge in [-0.2, -0.15) is 0 Å². The molecule has 0 aliphatic heterocycles. The van der Waals surface area contributed by atoms with Crippen molar-refractivity contribution in [1.29, 1.82) is 0 Å². The van der Waals surface area contributed by atoms with Crippen molar-refractivity contribution in [3.63, 3.8) is 0 Å². The second kappa shape index (κ2) is 5.16. The lowest BCUT2D eigenvalue weighted by Gasteiger charge is -2.31. The van der Waals surface area contributed by atoms with E-state index in [1.54, 1.807) is 0 Å².